The van der Waals surface area contributed by atoms with Crippen molar-refractivity contribution in [3.63, 3.8) is 0 Å². The molecule has 1 aliphatic rings. The maximum Gasteiger partial charge on any atom is 0.417 e. The van der Waals surface area contributed by atoms with Crippen LogP contribution in [0.25, 0.3) is 0 Å². The highest BCUT2D eigenvalue weighted by molar-refractivity contribution is 6.76. The second kappa shape index (κ2) is 9.89. The zero-order chi connectivity index (χ0) is 22.7. The lowest BCUT2D eigenvalue weighted by atomic mass is 9.97. The topological polar surface area (TPSA) is 65.1 Å². The molecule has 1 heterocycles. The van der Waals surface area contributed by atoms with Gasteiger partial charge in [-0.3, -0.25) is 4.79 Å². The molecule has 2 amide bonds. The number of imide groups is 1. The van der Waals surface area contributed by atoms with Gasteiger partial charge in [0.05, 0.1) is 10.0 Å². The molecule has 1 saturated heterocycles. The third kappa shape index (κ3) is 7.15. The molecule has 0 bridgehead atoms. The highest BCUT2D eigenvalue weighted by atomic mass is 35.5. The number of amides is 2. The van der Waals surface area contributed by atoms with Crippen molar-refractivity contribution >= 4 is 43.3 Å². The Morgan fingerprint density at radius 1 is 1.23 bits per heavy atom. The first-order chi connectivity index (χ1) is 13.8. The molecule has 168 valence electrons. The van der Waals surface area contributed by atoms with E-state index >= 15 is 0 Å². The number of likely N-dealkylation sites (tertiary alicyclic amines) is 1. The van der Waals surface area contributed by atoms with E-state index in [0.717, 1.165) is 10.9 Å². The van der Waals surface area contributed by atoms with Crippen LogP contribution in [0.5, 0.6) is 5.75 Å². The van der Waals surface area contributed by atoms with Crippen LogP contribution in [0.2, 0.25) is 35.7 Å². The summed E-state index contributed by atoms with van der Waals surface area (Å²) >= 11 is 12.7. The standard InChI is InChI=1S/C21H31Cl2NO5Si/c1-21(2,3)29-20(26)24-12-14(11-17(24)25)18-16(8-7-15(22)19(18)23)28-13-27-9-10-30(4,5)6/h7-8,14H,9-13H2,1-6H3. The van der Waals surface area contributed by atoms with E-state index in [1.807, 2.05) is 0 Å². The summed E-state index contributed by atoms with van der Waals surface area (Å²) in [7, 11) is -1.18. The van der Waals surface area contributed by atoms with Crippen LogP contribution in [0.4, 0.5) is 4.79 Å². The summed E-state index contributed by atoms with van der Waals surface area (Å²) < 4.78 is 16.8. The molecule has 1 unspecified atom stereocenters. The Kier molecular flexibility index (Phi) is 8.24. The first kappa shape index (κ1) is 25.0. The number of benzene rings is 1. The maximum absolute atomic E-state index is 12.5. The van der Waals surface area contributed by atoms with Gasteiger partial charge in [0, 0.05) is 39.1 Å². The minimum atomic E-state index is -1.18. The van der Waals surface area contributed by atoms with Gasteiger partial charge in [-0.05, 0) is 38.9 Å². The first-order valence-electron chi connectivity index (χ1n) is 10.0. The largest absolute Gasteiger partial charge is 0.467 e. The molecule has 0 aliphatic carbocycles. The van der Waals surface area contributed by atoms with Crippen LogP contribution in [0, 0.1) is 0 Å². The van der Waals surface area contributed by atoms with Crippen LogP contribution >= 0.6 is 23.2 Å². The first-order valence-corrected chi connectivity index (χ1v) is 14.5. The summed E-state index contributed by atoms with van der Waals surface area (Å²) in [5.41, 5.74) is -0.0811. The van der Waals surface area contributed by atoms with Crippen molar-refractivity contribution < 1.29 is 23.8 Å². The molecule has 0 spiro atoms. The van der Waals surface area contributed by atoms with Crippen LogP contribution in [0.3, 0.4) is 0 Å². The van der Waals surface area contributed by atoms with E-state index in [0.29, 0.717) is 28.0 Å². The zero-order valence-corrected chi connectivity index (χ0v) is 21.0. The van der Waals surface area contributed by atoms with Crippen molar-refractivity contribution in [2.24, 2.45) is 0 Å². The van der Waals surface area contributed by atoms with E-state index < -0.39 is 19.8 Å². The average molecular weight is 476 g/mol. The summed E-state index contributed by atoms with van der Waals surface area (Å²) in [5.74, 6) is -0.155. The van der Waals surface area contributed by atoms with Gasteiger partial charge in [0.2, 0.25) is 5.91 Å². The quantitative estimate of drug-likeness (QED) is 0.277. The van der Waals surface area contributed by atoms with Crippen molar-refractivity contribution in [2.75, 3.05) is 19.9 Å². The molecule has 2 rings (SSSR count). The molecular weight excluding hydrogens is 445 g/mol. The van der Waals surface area contributed by atoms with E-state index in [4.69, 9.17) is 37.4 Å². The molecule has 1 aliphatic heterocycles. The molecule has 30 heavy (non-hydrogen) atoms. The fourth-order valence-electron chi connectivity index (χ4n) is 2.99. The maximum atomic E-state index is 12.5. The Bertz CT molecular complexity index is 789. The summed E-state index contributed by atoms with van der Waals surface area (Å²) in [6, 6.07) is 4.39. The molecule has 0 N–H and O–H groups in total. The Balaban J connectivity index is 2.12. The van der Waals surface area contributed by atoms with Gasteiger partial charge in [0.15, 0.2) is 6.79 Å². The normalized spacial score (nSPS) is 17.4. The third-order valence-corrected chi connectivity index (χ3v) is 7.06. The Morgan fingerprint density at radius 2 is 1.90 bits per heavy atom. The highest BCUT2D eigenvalue weighted by Crippen LogP contribution is 2.42. The van der Waals surface area contributed by atoms with Crippen LogP contribution in [-0.4, -0.2) is 50.5 Å². The van der Waals surface area contributed by atoms with E-state index in [9.17, 15) is 9.59 Å². The van der Waals surface area contributed by atoms with Gasteiger partial charge >= 0.3 is 6.09 Å². The summed E-state index contributed by atoms with van der Waals surface area (Å²) in [6.07, 6.45) is -0.545. The molecule has 0 radical (unpaired) electrons. The van der Waals surface area contributed by atoms with Gasteiger partial charge in [-0.1, -0.05) is 42.8 Å². The predicted molar refractivity (Wildman–Crippen MR) is 121 cm³/mol. The molecule has 0 aromatic heterocycles. The van der Waals surface area contributed by atoms with Crippen molar-refractivity contribution in [1.29, 1.82) is 0 Å². The lowest BCUT2D eigenvalue weighted by molar-refractivity contribution is -0.126. The number of hydrogen-bond donors (Lipinski definition) is 0. The van der Waals surface area contributed by atoms with Crippen molar-refractivity contribution in [2.45, 2.75) is 64.4 Å². The number of carbonyl (C=O) groups excluding carboxylic acids is 2. The van der Waals surface area contributed by atoms with Gasteiger partial charge in [0.1, 0.15) is 11.4 Å². The van der Waals surface area contributed by atoms with Gasteiger partial charge < -0.3 is 14.2 Å². The molecule has 1 aromatic rings. The molecule has 0 saturated carbocycles. The van der Waals surface area contributed by atoms with Crippen LogP contribution in [-0.2, 0) is 14.3 Å². The Hall–Kier alpha value is -1.28. The van der Waals surface area contributed by atoms with Crippen molar-refractivity contribution in [1.82, 2.24) is 4.90 Å². The second-order valence-electron chi connectivity index (χ2n) is 9.64. The van der Waals surface area contributed by atoms with E-state index in [-0.39, 0.29) is 31.6 Å². The summed E-state index contributed by atoms with van der Waals surface area (Å²) in [4.78, 5) is 26.0. The molecule has 9 heteroatoms. The van der Waals surface area contributed by atoms with Gasteiger partial charge in [0.25, 0.3) is 0 Å². The molecule has 1 aromatic carbocycles. The van der Waals surface area contributed by atoms with Gasteiger partial charge in [-0.25, -0.2) is 9.69 Å². The van der Waals surface area contributed by atoms with Crippen LogP contribution < -0.4 is 4.74 Å². The summed E-state index contributed by atoms with van der Waals surface area (Å²) in [5, 5.41) is 0.682. The molecule has 6 nitrogen and oxygen atoms in total. The Morgan fingerprint density at radius 3 is 2.50 bits per heavy atom. The number of nitrogens with zero attached hydrogens (tertiary/aromatic N) is 1. The van der Waals surface area contributed by atoms with Gasteiger partial charge in [-0.15, -0.1) is 0 Å². The van der Waals surface area contributed by atoms with Crippen LogP contribution in [0.1, 0.15) is 38.7 Å². The molecule has 1 atom stereocenters. The minimum Gasteiger partial charge on any atom is -0.467 e. The van der Waals surface area contributed by atoms with Crippen molar-refractivity contribution in [3.05, 3.63) is 27.7 Å². The SMILES string of the molecule is CC(C)(C)OC(=O)N1CC(c2c(OCOCC[Si](C)(C)C)ccc(Cl)c2Cl)CC1=O. The number of hydrogen-bond acceptors (Lipinski definition) is 5. The molecule has 1 fully saturated rings. The highest BCUT2D eigenvalue weighted by Gasteiger charge is 2.39. The predicted octanol–water partition coefficient (Wildman–Crippen LogP) is 5.94. The third-order valence-electron chi connectivity index (χ3n) is 4.53. The molecular formula is C21H31Cl2NO5Si. The minimum absolute atomic E-state index is 0.0753. The van der Waals surface area contributed by atoms with Crippen molar-refractivity contribution in [3.8, 4) is 5.75 Å². The summed E-state index contributed by atoms with van der Waals surface area (Å²) in [6.45, 7) is 13.0. The number of carbonyl (C=O) groups is 2. The van der Waals surface area contributed by atoms with E-state index in [2.05, 4.69) is 19.6 Å². The zero-order valence-electron chi connectivity index (χ0n) is 18.5. The Labute approximate surface area is 189 Å². The van der Waals surface area contributed by atoms with Crippen LogP contribution in [0.15, 0.2) is 12.1 Å². The smallest absolute Gasteiger partial charge is 0.417 e. The number of ether oxygens (including phenoxy) is 3. The number of halogens is 2. The lowest BCUT2D eigenvalue weighted by Gasteiger charge is -2.24. The second-order valence-corrected chi connectivity index (χ2v) is 16.0. The van der Waals surface area contributed by atoms with Gasteiger partial charge in [-0.2, -0.15) is 0 Å². The fourth-order valence-corrected chi connectivity index (χ4v) is 4.22. The lowest BCUT2D eigenvalue weighted by Crippen LogP contribution is -2.37. The van der Waals surface area contributed by atoms with E-state index in [1.54, 1.807) is 32.9 Å². The monoisotopic (exact) mass is 475 g/mol. The van der Waals surface area contributed by atoms with E-state index in [1.165, 1.54) is 0 Å². The fraction of sp³-hybridized carbons (Fsp3) is 0.619. The average Bonchev–Trinajstić information content (AvgIpc) is 2.96. The number of rotatable bonds is 7.